The van der Waals surface area contributed by atoms with Crippen molar-refractivity contribution in [2.75, 3.05) is 27.2 Å². The first-order chi connectivity index (χ1) is 4.83. The Hall–Kier alpha value is -0.370. The van der Waals surface area contributed by atoms with Crippen LogP contribution in [0.25, 0.3) is 0 Å². The van der Waals surface area contributed by atoms with Crippen LogP contribution in [0.3, 0.4) is 0 Å². The molecule has 0 amide bonds. The lowest BCUT2D eigenvalue weighted by atomic mass is 10.3. The first-order valence-corrected chi connectivity index (χ1v) is 3.93. The summed E-state index contributed by atoms with van der Waals surface area (Å²) in [6, 6.07) is 0. The van der Waals surface area contributed by atoms with E-state index >= 15 is 0 Å². The van der Waals surface area contributed by atoms with E-state index in [4.69, 9.17) is 0 Å². The highest BCUT2D eigenvalue weighted by atomic mass is 15.2. The van der Waals surface area contributed by atoms with Crippen LogP contribution in [0.2, 0.25) is 0 Å². The molecule has 1 aliphatic carbocycles. The summed E-state index contributed by atoms with van der Waals surface area (Å²) in [5.74, 6) is 2.74. The SMILES string of the molecule is CN=CC1C2CN(C)C[C@@H]12. The van der Waals surface area contributed by atoms with Gasteiger partial charge in [0.1, 0.15) is 0 Å². The van der Waals surface area contributed by atoms with Gasteiger partial charge in [0.2, 0.25) is 0 Å². The van der Waals surface area contributed by atoms with Gasteiger partial charge in [-0.2, -0.15) is 0 Å². The summed E-state index contributed by atoms with van der Waals surface area (Å²) in [6.45, 7) is 2.59. The number of hydrogen-bond acceptors (Lipinski definition) is 2. The minimum Gasteiger partial charge on any atom is -0.306 e. The predicted molar refractivity (Wildman–Crippen MR) is 42.4 cm³/mol. The summed E-state index contributed by atoms with van der Waals surface area (Å²) in [4.78, 5) is 6.47. The fraction of sp³-hybridized carbons (Fsp3) is 0.875. The van der Waals surface area contributed by atoms with E-state index in [1.807, 2.05) is 7.05 Å². The van der Waals surface area contributed by atoms with Gasteiger partial charge in [0.25, 0.3) is 0 Å². The van der Waals surface area contributed by atoms with Crippen molar-refractivity contribution in [3.63, 3.8) is 0 Å². The maximum Gasteiger partial charge on any atom is 0.0273 e. The van der Waals surface area contributed by atoms with Crippen molar-refractivity contribution in [3.8, 4) is 0 Å². The third-order valence-corrected chi connectivity index (χ3v) is 2.76. The second kappa shape index (κ2) is 2.06. The lowest BCUT2D eigenvalue weighted by molar-refractivity contribution is 0.362. The lowest BCUT2D eigenvalue weighted by Gasteiger charge is -2.09. The Kier molecular flexibility index (Phi) is 1.31. The smallest absolute Gasteiger partial charge is 0.0273 e. The first kappa shape index (κ1) is 6.35. The molecule has 0 aromatic carbocycles. The van der Waals surface area contributed by atoms with E-state index < -0.39 is 0 Å². The molecule has 0 aromatic heterocycles. The minimum absolute atomic E-state index is 0.834. The number of piperidine rings is 1. The molecular formula is C8H14N2. The second-order valence-electron chi connectivity index (χ2n) is 3.53. The van der Waals surface area contributed by atoms with Crippen molar-refractivity contribution in [2.24, 2.45) is 22.7 Å². The van der Waals surface area contributed by atoms with Crippen LogP contribution in [0.15, 0.2) is 4.99 Å². The summed E-state index contributed by atoms with van der Waals surface area (Å²) in [7, 11) is 4.07. The Morgan fingerprint density at radius 3 is 2.50 bits per heavy atom. The second-order valence-corrected chi connectivity index (χ2v) is 3.53. The van der Waals surface area contributed by atoms with Crippen LogP contribution in [0.1, 0.15) is 0 Å². The molecule has 2 rings (SSSR count). The van der Waals surface area contributed by atoms with Gasteiger partial charge in [-0.25, -0.2) is 0 Å². The van der Waals surface area contributed by atoms with Gasteiger partial charge in [0.05, 0.1) is 0 Å². The van der Waals surface area contributed by atoms with Gasteiger partial charge in [0.15, 0.2) is 0 Å². The highest BCUT2D eigenvalue weighted by Gasteiger charge is 2.53. The average Bonchev–Trinajstić information content (AvgIpc) is 2.43. The predicted octanol–water partition coefficient (Wildman–Crippen LogP) is 0.495. The summed E-state index contributed by atoms with van der Waals surface area (Å²) in [5, 5.41) is 0. The number of fused-ring (bicyclic) bond motifs is 1. The molecule has 2 fully saturated rings. The van der Waals surface area contributed by atoms with Crippen molar-refractivity contribution in [1.82, 2.24) is 4.90 Å². The molecule has 0 radical (unpaired) electrons. The summed E-state index contributed by atoms with van der Waals surface area (Å²) in [5.41, 5.74) is 0. The fourth-order valence-electron chi connectivity index (χ4n) is 2.18. The number of rotatable bonds is 1. The largest absolute Gasteiger partial charge is 0.306 e. The lowest BCUT2D eigenvalue weighted by Crippen LogP contribution is -2.19. The standard InChI is InChI=1S/C8H14N2/c1-9-3-6-7-4-10(2)5-8(6)7/h3,6-8H,4-5H2,1-2H3/t6?,7-,8?/m0/s1. The molecule has 1 saturated heterocycles. The molecule has 56 valence electrons. The average molecular weight is 138 g/mol. The van der Waals surface area contributed by atoms with Crippen LogP contribution in [0.5, 0.6) is 0 Å². The monoisotopic (exact) mass is 138 g/mol. The zero-order valence-corrected chi connectivity index (χ0v) is 6.62. The van der Waals surface area contributed by atoms with Gasteiger partial charge in [0, 0.05) is 32.3 Å². The number of likely N-dealkylation sites (tertiary alicyclic amines) is 1. The van der Waals surface area contributed by atoms with E-state index in [1.165, 1.54) is 13.1 Å². The normalized spacial score (nSPS) is 46.4. The quantitative estimate of drug-likeness (QED) is 0.482. The molecule has 2 heteroatoms. The summed E-state index contributed by atoms with van der Waals surface area (Å²) < 4.78 is 0. The van der Waals surface area contributed by atoms with Gasteiger partial charge in [-0.3, -0.25) is 0 Å². The van der Waals surface area contributed by atoms with Crippen molar-refractivity contribution >= 4 is 6.21 Å². The van der Waals surface area contributed by atoms with Gasteiger partial charge in [-0.1, -0.05) is 0 Å². The topological polar surface area (TPSA) is 15.6 Å². The Morgan fingerprint density at radius 2 is 2.00 bits per heavy atom. The Bertz CT molecular complexity index is 153. The zero-order chi connectivity index (χ0) is 7.14. The van der Waals surface area contributed by atoms with E-state index in [2.05, 4.69) is 23.2 Å². The van der Waals surface area contributed by atoms with Crippen LogP contribution in [-0.2, 0) is 0 Å². The molecule has 10 heavy (non-hydrogen) atoms. The molecule has 0 aromatic rings. The Morgan fingerprint density at radius 1 is 1.40 bits per heavy atom. The Labute approximate surface area is 61.9 Å². The maximum atomic E-state index is 4.06. The van der Waals surface area contributed by atoms with E-state index in [-0.39, 0.29) is 0 Å². The van der Waals surface area contributed by atoms with Crippen LogP contribution in [-0.4, -0.2) is 38.3 Å². The van der Waals surface area contributed by atoms with Gasteiger partial charge in [-0.05, 0) is 18.9 Å². The maximum absolute atomic E-state index is 4.06. The van der Waals surface area contributed by atoms with Crippen molar-refractivity contribution in [1.29, 1.82) is 0 Å². The van der Waals surface area contributed by atoms with Gasteiger partial charge >= 0.3 is 0 Å². The molecule has 3 atom stereocenters. The molecule has 1 saturated carbocycles. The fourth-order valence-corrected chi connectivity index (χ4v) is 2.18. The highest BCUT2D eigenvalue weighted by molar-refractivity contribution is 5.66. The minimum atomic E-state index is 0.834. The molecule has 0 spiro atoms. The van der Waals surface area contributed by atoms with Crippen LogP contribution >= 0.6 is 0 Å². The molecular weight excluding hydrogens is 124 g/mol. The van der Waals surface area contributed by atoms with Crippen molar-refractivity contribution in [2.45, 2.75) is 0 Å². The van der Waals surface area contributed by atoms with E-state index in [0.717, 1.165) is 17.8 Å². The molecule has 0 N–H and O–H groups in total. The third kappa shape index (κ3) is 0.788. The molecule has 2 nitrogen and oxygen atoms in total. The number of aliphatic imine (C=N–C) groups is 1. The van der Waals surface area contributed by atoms with E-state index in [9.17, 15) is 0 Å². The van der Waals surface area contributed by atoms with Crippen molar-refractivity contribution < 1.29 is 0 Å². The van der Waals surface area contributed by atoms with Crippen LogP contribution in [0.4, 0.5) is 0 Å². The molecule has 1 aliphatic heterocycles. The summed E-state index contributed by atoms with van der Waals surface area (Å²) >= 11 is 0. The van der Waals surface area contributed by atoms with Crippen molar-refractivity contribution in [3.05, 3.63) is 0 Å². The Balaban J connectivity index is 1.92. The van der Waals surface area contributed by atoms with E-state index in [0.29, 0.717) is 0 Å². The van der Waals surface area contributed by atoms with Crippen LogP contribution in [0, 0.1) is 17.8 Å². The zero-order valence-electron chi connectivity index (χ0n) is 6.62. The first-order valence-electron chi connectivity index (χ1n) is 3.93. The molecule has 0 bridgehead atoms. The molecule has 2 unspecified atom stereocenters. The van der Waals surface area contributed by atoms with Crippen LogP contribution < -0.4 is 0 Å². The third-order valence-electron chi connectivity index (χ3n) is 2.76. The molecule has 2 aliphatic rings. The van der Waals surface area contributed by atoms with Gasteiger partial charge in [-0.15, -0.1) is 0 Å². The highest BCUT2D eigenvalue weighted by Crippen LogP contribution is 2.49. The summed E-state index contributed by atoms with van der Waals surface area (Å²) in [6.07, 6.45) is 2.13. The number of nitrogens with zero attached hydrogens (tertiary/aromatic N) is 2. The molecule has 1 heterocycles. The van der Waals surface area contributed by atoms with Gasteiger partial charge < -0.3 is 9.89 Å². The number of hydrogen-bond donors (Lipinski definition) is 0. The van der Waals surface area contributed by atoms with E-state index in [1.54, 1.807) is 0 Å².